The Morgan fingerprint density at radius 2 is 1.86 bits per heavy atom. The number of nitrogens with zero attached hydrogens (tertiary/aromatic N) is 1. The van der Waals surface area contributed by atoms with Crippen LogP contribution in [0.25, 0.3) is 10.9 Å². The van der Waals surface area contributed by atoms with Crippen molar-refractivity contribution in [1.29, 1.82) is 0 Å². The topological polar surface area (TPSA) is 62.6 Å². The Hall–Kier alpha value is -1.50. The number of hydrogen-bond donors (Lipinski definition) is 2. The van der Waals surface area contributed by atoms with Crippen LogP contribution in [0.5, 0.6) is 0 Å². The number of aromatic nitrogens is 1. The van der Waals surface area contributed by atoms with Crippen molar-refractivity contribution in [1.82, 2.24) is 4.98 Å². The van der Waals surface area contributed by atoms with Crippen molar-refractivity contribution < 1.29 is 19.2 Å². The van der Waals surface area contributed by atoms with Gasteiger partial charge in [0.2, 0.25) is 0 Å². The number of rotatable bonds is 4. The van der Waals surface area contributed by atoms with Gasteiger partial charge in [-0.3, -0.25) is 4.98 Å². The first-order valence-corrected chi connectivity index (χ1v) is 6.74. The SMILES string of the molecule is CC(C)(O)C(C)(C)OB(O)c1ccnc2ccc(F)cc12. The van der Waals surface area contributed by atoms with Gasteiger partial charge in [-0.1, -0.05) is 0 Å². The lowest BCUT2D eigenvalue weighted by molar-refractivity contribution is -0.0982. The minimum Gasteiger partial charge on any atom is -0.423 e. The third kappa shape index (κ3) is 3.23. The van der Waals surface area contributed by atoms with E-state index in [2.05, 4.69) is 4.98 Å². The van der Waals surface area contributed by atoms with Crippen LogP contribution in [-0.2, 0) is 4.65 Å². The van der Waals surface area contributed by atoms with Gasteiger partial charge in [0.05, 0.1) is 16.7 Å². The molecule has 0 unspecified atom stereocenters. The minimum absolute atomic E-state index is 0.411. The van der Waals surface area contributed by atoms with Crippen LogP contribution >= 0.6 is 0 Å². The molecule has 112 valence electrons. The lowest BCUT2D eigenvalue weighted by Crippen LogP contribution is -2.53. The molecule has 1 aromatic carbocycles. The Bertz CT molecular complexity index is 655. The van der Waals surface area contributed by atoms with Crippen molar-refractivity contribution in [2.45, 2.75) is 38.9 Å². The van der Waals surface area contributed by atoms with Gasteiger partial charge in [-0.05, 0) is 57.4 Å². The van der Waals surface area contributed by atoms with Gasteiger partial charge < -0.3 is 14.8 Å². The van der Waals surface area contributed by atoms with Gasteiger partial charge in [-0.25, -0.2) is 4.39 Å². The van der Waals surface area contributed by atoms with E-state index in [0.717, 1.165) is 0 Å². The zero-order valence-corrected chi connectivity index (χ0v) is 12.6. The van der Waals surface area contributed by atoms with Gasteiger partial charge in [-0.15, -0.1) is 0 Å². The minimum atomic E-state index is -1.29. The number of hydrogen-bond acceptors (Lipinski definition) is 4. The Kier molecular flexibility index (Phi) is 4.06. The Balaban J connectivity index is 2.40. The smallest absolute Gasteiger partial charge is 0.423 e. The molecule has 0 saturated heterocycles. The van der Waals surface area contributed by atoms with Gasteiger partial charge in [0.15, 0.2) is 0 Å². The maximum atomic E-state index is 13.4. The average Bonchev–Trinajstić information content (AvgIpc) is 2.35. The number of aliphatic hydroxyl groups is 1. The van der Waals surface area contributed by atoms with E-state index in [-0.39, 0.29) is 0 Å². The second-order valence-corrected chi connectivity index (χ2v) is 6.10. The average molecular weight is 291 g/mol. The van der Waals surface area contributed by atoms with E-state index in [9.17, 15) is 14.5 Å². The van der Waals surface area contributed by atoms with Crippen molar-refractivity contribution in [3.63, 3.8) is 0 Å². The summed E-state index contributed by atoms with van der Waals surface area (Å²) in [4.78, 5) is 4.13. The third-order valence-corrected chi connectivity index (χ3v) is 3.88. The van der Waals surface area contributed by atoms with Crippen LogP contribution in [0.15, 0.2) is 30.5 Å². The highest BCUT2D eigenvalue weighted by Gasteiger charge is 2.39. The van der Waals surface area contributed by atoms with Crippen LogP contribution in [0.4, 0.5) is 4.39 Å². The maximum absolute atomic E-state index is 13.4. The van der Waals surface area contributed by atoms with Gasteiger partial charge in [0.1, 0.15) is 5.82 Å². The van der Waals surface area contributed by atoms with E-state index in [1.807, 2.05) is 0 Å². The number of halogens is 1. The molecule has 4 nitrogen and oxygen atoms in total. The molecule has 0 fully saturated rings. The quantitative estimate of drug-likeness (QED) is 0.840. The molecule has 0 amide bonds. The molecule has 0 radical (unpaired) electrons. The summed E-state index contributed by atoms with van der Waals surface area (Å²) in [5.41, 5.74) is -1.16. The van der Waals surface area contributed by atoms with E-state index >= 15 is 0 Å². The largest absolute Gasteiger partial charge is 0.492 e. The molecule has 21 heavy (non-hydrogen) atoms. The summed E-state index contributed by atoms with van der Waals surface area (Å²) in [6.07, 6.45) is 1.53. The highest BCUT2D eigenvalue weighted by Crippen LogP contribution is 2.25. The molecular formula is C15H19BFNO3. The van der Waals surface area contributed by atoms with E-state index < -0.39 is 24.1 Å². The van der Waals surface area contributed by atoms with E-state index in [4.69, 9.17) is 4.65 Å². The Morgan fingerprint density at radius 3 is 2.48 bits per heavy atom. The van der Waals surface area contributed by atoms with Crippen LogP contribution in [0.3, 0.4) is 0 Å². The predicted octanol–water partition coefficient (Wildman–Crippen LogP) is 1.63. The maximum Gasteiger partial charge on any atom is 0.492 e. The summed E-state index contributed by atoms with van der Waals surface area (Å²) in [7, 11) is -1.29. The van der Waals surface area contributed by atoms with Crippen molar-refractivity contribution in [3.05, 3.63) is 36.3 Å². The summed E-state index contributed by atoms with van der Waals surface area (Å²) in [6.45, 7) is 6.56. The van der Waals surface area contributed by atoms with E-state index in [0.29, 0.717) is 16.4 Å². The van der Waals surface area contributed by atoms with Crippen LogP contribution in [0.1, 0.15) is 27.7 Å². The molecule has 0 spiro atoms. The van der Waals surface area contributed by atoms with Crippen molar-refractivity contribution >= 4 is 23.5 Å². The van der Waals surface area contributed by atoms with Gasteiger partial charge >= 0.3 is 7.12 Å². The third-order valence-electron chi connectivity index (χ3n) is 3.88. The molecule has 0 atom stereocenters. The summed E-state index contributed by atoms with van der Waals surface area (Å²) in [6, 6.07) is 5.74. The molecule has 0 aliphatic rings. The number of benzene rings is 1. The molecule has 0 bridgehead atoms. The van der Waals surface area contributed by atoms with Crippen molar-refractivity contribution in [3.8, 4) is 0 Å². The Labute approximate surface area is 123 Å². The van der Waals surface area contributed by atoms with Crippen LogP contribution in [-0.4, -0.2) is 33.4 Å². The first kappa shape index (κ1) is 15.9. The standard InChI is InChI=1S/C15H19BFNO3/c1-14(2,19)15(3,4)21-16(20)12-7-8-18-13-6-5-10(17)9-11(12)13/h5-9,19-20H,1-4H3. The lowest BCUT2D eigenvalue weighted by Gasteiger charge is -2.38. The number of pyridine rings is 1. The molecular weight excluding hydrogens is 272 g/mol. The van der Waals surface area contributed by atoms with Gasteiger partial charge in [0.25, 0.3) is 0 Å². The zero-order chi connectivity index (χ0) is 15.8. The molecule has 0 saturated carbocycles. The first-order valence-electron chi connectivity index (χ1n) is 6.74. The van der Waals surface area contributed by atoms with Crippen LogP contribution in [0, 0.1) is 5.82 Å². The molecule has 2 rings (SSSR count). The summed E-state index contributed by atoms with van der Waals surface area (Å²) >= 11 is 0. The Morgan fingerprint density at radius 1 is 1.19 bits per heavy atom. The molecule has 0 aliphatic carbocycles. The predicted molar refractivity (Wildman–Crippen MR) is 80.8 cm³/mol. The molecule has 6 heteroatoms. The van der Waals surface area contributed by atoms with Crippen molar-refractivity contribution in [2.24, 2.45) is 0 Å². The molecule has 1 aromatic heterocycles. The van der Waals surface area contributed by atoms with Crippen LogP contribution in [0.2, 0.25) is 0 Å². The molecule has 2 N–H and O–H groups in total. The van der Waals surface area contributed by atoms with Crippen molar-refractivity contribution in [2.75, 3.05) is 0 Å². The summed E-state index contributed by atoms with van der Waals surface area (Å²) < 4.78 is 19.0. The highest BCUT2D eigenvalue weighted by molar-refractivity contribution is 6.63. The lowest BCUT2D eigenvalue weighted by atomic mass is 9.75. The summed E-state index contributed by atoms with van der Waals surface area (Å²) in [5.74, 6) is -0.411. The van der Waals surface area contributed by atoms with Gasteiger partial charge in [0, 0.05) is 11.6 Å². The fourth-order valence-electron chi connectivity index (χ4n) is 1.84. The van der Waals surface area contributed by atoms with Crippen LogP contribution < -0.4 is 5.46 Å². The van der Waals surface area contributed by atoms with E-state index in [1.165, 1.54) is 18.3 Å². The fraction of sp³-hybridized carbons (Fsp3) is 0.400. The molecule has 1 heterocycles. The second-order valence-electron chi connectivity index (χ2n) is 6.10. The van der Waals surface area contributed by atoms with Gasteiger partial charge in [-0.2, -0.15) is 0 Å². The first-order chi connectivity index (χ1) is 9.62. The van der Waals surface area contributed by atoms with E-state index in [1.54, 1.807) is 39.8 Å². The summed E-state index contributed by atoms with van der Waals surface area (Å²) in [5, 5.41) is 20.9. The molecule has 0 aliphatic heterocycles. The zero-order valence-electron chi connectivity index (χ0n) is 12.6. The monoisotopic (exact) mass is 291 g/mol. The molecule has 2 aromatic rings. The highest BCUT2D eigenvalue weighted by atomic mass is 19.1. The normalized spacial score (nSPS) is 12.7. The second kappa shape index (κ2) is 5.37. The number of fused-ring (bicyclic) bond motifs is 1. The fourth-order valence-corrected chi connectivity index (χ4v) is 1.84.